The van der Waals surface area contributed by atoms with E-state index in [1.165, 1.54) is 0 Å². The molecular weight excluding hydrogens is 206 g/mol. The van der Waals surface area contributed by atoms with Crippen molar-refractivity contribution in [2.75, 3.05) is 6.54 Å². The maximum atomic E-state index is 11.8. The van der Waals surface area contributed by atoms with Crippen LogP contribution in [0.25, 0.3) is 0 Å². The predicted octanol–water partition coefficient (Wildman–Crippen LogP) is 2.22. The summed E-state index contributed by atoms with van der Waals surface area (Å²) in [6, 6.07) is 0.176. The smallest absolute Gasteiger partial charge is 0.410 e. The summed E-state index contributed by atoms with van der Waals surface area (Å²) in [7, 11) is 0. The molecule has 1 amide bonds. The predicted molar refractivity (Wildman–Crippen MR) is 61.2 cm³/mol. The molecule has 1 aliphatic rings. The van der Waals surface area contributed by atoms with E-state index in [9.17, 15) is 9.59 Å². The fourth-order valence-corrected chi connectivity index (χ4v) is 1.85. The van der Waals surface area contributed by atoms with Crippen LogP contribution in [0, 0.1) is 5.92 Å². The number of hydrogen-bond acceptors (Lipinski definition) is 3. The normalized spacial score (nSPS) is 24.5. The van der Waals surface area contributed by atoms with Gasteiger partial charge in [-0.3, -0.25) is 0 Å². The van der Waals surface area contributed by atoms with Gasteiger partial charge < -0.3 is 14.4 Å². The standard InChI is InChI=1S/C12H21NO3/c1-5-13(10-6-9(7-10)8-14)11(15)16-12(2,3)4/h8-10H,5-7H2,1-4H3. The summed E-state index contributed by atoms with van der Waals surface area (Å²) in [4.78, 5) is 24.1. The van der Waals surface area contributed by atoms with Gasteiger partial charge in [-0.1, -0.05) is 0 Å². The average molecular weight is 227 g/mol. The van der Waals surface area contributed by atoms with E-state index in [1.54, 1.807) is 4.90 Å². The molecule has 0 spiro atoms. The zero-order chi connectivity index (χ0) is 12.3. The molecule has 1 saturated carbocycles. The first-order chi connectivity index (χ1) is 7.37. The zero-order valence-corrected chi connectivity index (χ0v) is 10.5. The highest BCUT2D eigenvalue weighted by molar-refractivity contribution is 5.69. The van der Waals surface area contributed by atoms with Crippen LogP contribution < -0.4 is 0 Å². The van der Waals surface area contributed by atoms with Gasteiger partial charge in [0.2, 0.25) is 0 Å². The zero-order valence-electron chi connectivity index (χ0n) is 10.5. The molecule has 0 bridgehead atoms. The molecule has 1 fully saturated rings. The lowest BCUT2D eigenvalue weighted by atomic mass is 9.80. The van der Waals surface area contributed by atoms with Gasteiger partial charge in [-0.05, 0) is 40.5 Å². The fourth-order valence-electron chi connectivity index (χ4n) is 1.85. The molecule has 0 atom stereocenters. The van der Waals surface area contributed by atoms with Gasteiger partial charge in [0.15, 0.2) is 0 Å². The number of amides is 1. The summed E-state index contributed by atoms with van der Waals surface area (Å²) in [6.45, 7) is 8.12. The van der Waals surface area contributed by atoms with E-state index in [2.05, 4.69) is 0 Å². The lowest BCUT2D eigenvalue weighted by molar-refractivity contribution is -0.115. The second-order valence-electron chi connectivity index (χ2n) is 5.29. The maximum absolute atomic E-state index is 11.8. The number of hydrogen-bond donors (Lipinski definition) is 0. The van der Waals surface area contributed by atoms with E-state index >= 15 is 0 Å². The molecule has 0 aliphatic heterocycles. The van der Waals surface area contributed by atoms with Crippen molar-refractivity contribution in [1.29, 1.82) is 0 Å². The molecule has 0 heterocycles. The Morgan fingerprint density at radius 3 is 2.38 bits per heavy atom. The third kappa shape index (κ3) is 3.22. The van der Waals surface area contributed by atoms with Gasteiger partial charge in [-0.2, -0.15) is 0 Å². The Labute approximate surface area is 96.9 Å². The molecule has 0 aromatic rings. The van der Waals surface area contributed by atoms with Gasteiger partial charge >= 0.3 is 6.09 Å². The molecule has 1 aliphatic carbocycles. The Morgan fingerprint density at radius 1 is 1.44 bits per heavy atom. The van der Waals surface area contributed by atoms with Crippen molar-refractivity contribution in [2.24, 2.45) is 5.92 Å². The molecule has 0 saturated heterocycles. The number of nitrogens with zero attached hydrogens (tertiary/aromatic N) is 1. The van der Waals surface area contributed by atoms with Gasteiger partial charge in [0.1, 0.15) is 11.9 Å². The Bertz CT molecular complexity index is 264. The van der Waals surface area contributed by atoms with Gasteiger partial charge in [-0.25, -0.2) is 4.79 Å². The monoisotopic (exact) mass is 227 g/mol. The number of carbonyl (C=O) groups is 2. The summed E-state index contributed by atoms with van der Waals surface area (Å²) >= 11 is 0. The first-order valence-electron chi connectivity index (χ1n) is 5.82. The van der Waals surface area contributed by atoms with Crippen molar-refractivity contribution < 1.29 is 14.3 Å². The summed E-state index contributed by atoms with van der Waals surface area (Å²) in [5.74, 6) is 0.126. The Kier molecular flexibility index (Phi) is 3.94. The van der Waals surface area contributed by atoms with Crippen molar-refractivity contribution >= 4 is 12.4 Å². The summed E-state index contributed by atoms with van der Waals surface area (Å²) in [5.41, 5.74) is -0.460. The Balaban J connectivity index is 2.49. The van der Waals surface area contributed by atoms with Crippen molar-refractivity contribution in [1.82, 2.24) is 4.90 Å². The van der Waals surface area contributed by atoms with E-state index in [0.717, 1.165) is 19.1 Å². The molecule has 4 heteroatoms. The van der Waals surface area contributed by atoms with Crippen LogP contribution in [0.5, 0.6) is 0 Å². The summed E-state index contributed by atoms with van der Waals surface area (Å²) in [5, 5.41) is 0. The van der Waals surface area contributed by atoms with E-state index in [4.69, 9.17) is 4.74 Å². The quantitative estimate of drug-likeness (QED) is 0.694. The molecule has 4 nitrogen and oxygen atoms in total. The molecule has 16 heavy (non-hydrogen) atoms. The van der Waals surface area contributed by atoms with Crippen LogP contribution in [0.1, 0.15) is 40.5 Å². The molecule has 0 aromatic carbocycles. The Morgan fingerprint density at radius 2 is 2.00 bits per heavy atom. The van der Waals surface area contributed by atoms with Crippen molar-refractivity contribution in [3.8, 4) is 0 Å². The lowest BCUT2D eigenvalue weighted by Crippen LogP contribution is -2.49. The van der Waals surface area contributed by atoms with Crippen LogP contribution in [0.2, 0.25) is 0 Å². The summed E-state index contributed by atoms with van der Waals surface area (Å²) < 4.78 is 5.32. The van der Waals surface area contributed by atoms with Crippen LogP contribution in [0.3, 0.4) is 0 Å². The highest BCUT2D eigenvalue weighted by Crippen LogP contribution is 2.30. The molecule has 0 N–H and O–H groups in total. The molecular formula is C12H21NO3. The minimum atomic E-state index is -0.460. The van der Waals surface area contributed by atoms with Gasteiger partial charge in [0.25, 0.3) is 0 Å². The first kappa shape index (κ1) is 13.0. The van der Waals surface area contributed by atoms with Gasteiger partial charge in [0.05, 0.1) is 0 Å². The molecule has 0 unspecified atom stereocenters. The number of rotatable bonds is 3. The fraction of sp³-hybridized carbons (Fsp3) is 0.833. The largest absolute Gasteiger partial charge is 0.444 e. The maximum Gasteiger partial charge on any atom is 0.410 e. The lowest BCUT2D eigenvalue weighted by Gasteiger charge is -2.40. The second kappa shape index (κ2) is 4.85. The van der Waals surface area contributed by atoms with Crippen molar-refractivity contribution in [2.45, 2.75) is 52.2 Å². The van der Waals surface area contributed by atoms with Crippen molar-refractivity contribution in [3.63, 3.8) is 0 Å². The minimum Gasteiger partial charge on any atom is -0.444 e. The Hall–Kier alpha value is -1.06. The third-order valence-electron chi connectivity index (χ3n) is 2.75. The van der Waals surface area contributed by atoms with Crippen LogP contribution in [0.4, 0.5) is 4.79 Å². The minimum absolute atomic E-state index is 0.126. The summed E-state index contributed by atoms with van der Waals surface area (Å²) in [6.07, 6.45) is 2.25. The first-order valence-corrected chi connectivity index (χ1v) is 5.82. The van der Waals surface area contributed by atoms with Gasteiger partial charge in [-0.15, -0.1) is 0 Å². The van der Waals surface area contributed by atoms with Crippen LogP contribution in [-0.2, 0) is 9.53 Å². The van der Waals surface area contributed by atoms with Crippen LogP contribution in [0.15, 0.2) is 0 Å². The third-order valence-corrected chi connectivity index (χ3v) is 2.75. The van der Waals surface area contributed by atoms with Crippen LogP contribution >= 0.6 is 0 Å². The topological polar surface area (TPSA) is 46.6 Å². The average Bonchev–Trinajstić information content (AvgIpc) is 2.06. The number of aldehydes is 1. The van der Waals surface area contributed by atoms with E-state index in [0.29, 0.717) is 6.54 Å². The molecule has 1 rings (SSSR count). The van der Waals surface area contributed by atoms with Crippen molar-refractivity contribution in [3.05, 3.63) is 0 Å². The molecule has 0 radical (unpaired) electrons. The highest BCUT2D eigenvalue weighted by atomic mass is 16.6. The molecule has 0 aromatic heterocycles. The second-order valence-corrected chi connectivity index (χ2v) is 5.29. The SMILES string of the molecule is CCN(C(=O)OC(C)(C)C)C1CC(C=O)C1. The van der Waals surface area contributed by atoms with E-state index < -0.39 is 5.60 Å². The van der Waals surface area contributed by atoms with E-state index in [1.807, 2.05) is 27.7 Å². The van der Waals surface area contributed by atoms with E-state index in [-0.39, 0.29) is 18.1 Å². The number of ether oxygens (including phenoxy) is 1. The number of carbonyl (C=O) groups excluding carboxylic acids is 2. The van der Waals surface area contributed by atoms with Gasteiger partial charge in [0, 0.05) is 18.5 Å². The van der Waals surface area contributed by atoms with Crippen LogP contribution in [-0.4, -0.2) is 35.5 Å². The molecule has 92 valence electrons. The highest BCUT2D eigenvalue weighted by Gasteiger charge is 2.36.